The van der Waals surface area contributed by atoms with Crippen LogP contribution in [0.3, 0.4) is 0 Å². The number of fused-ring (bicyclic) bond motifs is 1. The number of thiazole rings is 1. The summed E-state index contributed by atoms with van der Waals surface area (Å²) in [5, 5.41) is 17.6. The van der Waals surface area contributed by atoms with E-state index in [9.17, 15) is 26.3 Å². The molecule has 0 spiro atoms. The first-order valence-electron chi connectivity index (χ1n) is 9.52. The Morgan fingerprint density at radius 3 is 2.06 bits per heavy atom. The number of aryl methyl sites for hydroxylation is 1. The van der Waals surface area contributed by atoms with Gasteiger partial charge in [0.25, 0.3) is 0 Å². The van der Waals surface area contributed by atoms with E-state index in [2.05, 4.69) is 34.1 Å². The Bertz CT molecular complexity index is 764. The summed E-state index contributed by atoms with van der Waals surface area (Å²) in [4.78, 5) is 27.4. The Balaban J connectivity index is 0.000000324. The smallest absolute Gasteiger partial charge is 0.475 e. The standard InChI is InChI=1S/C14H23N3OS.2C2HF3O2/c1-10-15-11(9-19-10)6-17-7-12-13(8-17)16(2)5-4-14(12)18-3;2*3-2(4,5)1(6)7/h9,12-14H,4-8H2,1-3H3;2*(H,6,7)/t12-,13+,14-;;/m0../s1. The van der Waals surface area contributed by atoms with E-state index in [4.69, 9.17) is 24.5 Å². The number of alkyl halides is 6. The third kappa shape index (κ3) is 9.43. The topological polar surface area (TPSA) is 103 Å². The van der Waals surface area contributed by atoms with Crippen LogP contribution in [0.4, 0.5) is 26.3 Å². The van der Waals surface area contributed by atoms with Gasteiger partial charge in [-0.2, -0.15) is 26.3 Å². The van der Waals surface area contributed by atoms with E-state index in [1.165, 1.54) is 10.7 Å². The van der Waals surface area contributed by atoms with Gasteiger partial charge >= 0.3 is 24.3 Å². The van der Waals surface area contributed by atoms with Crippen molar-refractivity contribution in [3.05, 3.63) is 16.1 Å². The number of carboxylic acids is 2. The van der Waals surface area contributed by atoms with Gasteiger partial charge in [0.15, 0.2) is 0 Å². The number of nitrogens with zero attached hydrogens (tertiary/aromatic N) is 3. The molecule has 0 radical (unpaired) electrons. The molecule has 0 amide bonds. The fourth-order valence-electron chi connectivity index (χ4n) is 3.57. The SMILES string of the molecule is CO[C@H]1CCN(C)[C@@H]2CN(Cc3csc(C)n3)C[C@H]12.O=C(O)C(F)(F)F.O=C(O)C(F)(F)F. The minimum Gasteiger partial charge on any atom is -0.475 e. The van der Waals surface area contributed by atoms with E-state index < -0.39 is 24.3 Å². The van der Waals surface area contributed by atoms with Crippen LogP contribution in [0.15, 0.2) is 5.38 Å². The molecule has 0 aliphatic carbocycles. The molecule has 0 bridgehead atoms. The number of piperidine rings is 1. The van der Waals surface area contributed by atoms with Crippen molar-refractivity contribution in [1.29, 1.82) is 0 Å². The van der Waals surface area contributed by atoms with Crippen LogP contribution in [0.5, 0.6) is 0 Å². The van der Waals surface area contributed by atoms with Gasteiger partial charge in [0, 0.05) is 50.6 Å². The van der Waals surface area contributed by atoms with Crippen LogP contribution >= 0.6 is 11.3 Å². The largest absolute Gasteiger partial charge is 0.490 e. The van der Waals surface area contributed by atoms with Crippen molar-refractivity contribution < 1.29 is 50.9 Å². The van der Waals surface area contributed by atoms with Gasteiger partial charge in [-0.1, -0.05) is 0 Å². The van der Waals surface area contributed by atoms with E-state index in [1.807, 2.05) is 7.11 Å². The number of carbonyl (C=O) groups is 2. The number of hydrogen-bond donors (Lipinski definition) is 2. The monoisotopic (exact) mass is 509 g/mol. The third-order valence-corrected chi connectivity index (χ3v) is 5.88. The highest BCUT2D eigenvalue weighted by molar-refractivity contribution is 7.09. The molecule has 2 aliphatic rings. The number of halogens is 6. The summed E-state index contributed by atoms with van der Waals surface area (Å²) in [5.74, 6) is -4.86. The van der Waals surface area contributed by atoms with Crippen LogP contribution in [0.1, 0.15) is 17.1 Å². The molecule has 3 atom stereocenters. The highest BCUT2D eigenvalue weighted by Crippen LogP contribution is 2.32. The first-order valence-corrected chi connectivity index (χ1v) is 10.4. The molecule has 1 aromatic heterocycles. The minimum atomic E-state index is -5.08. The van der Waals surface area contributed by atoms with Crippen molar-refractivity contribution in [2.45, 2.75) is 44.4 Å². The van der Waals surface area contributed by atoms with Crippen molar-refractivity contribution in [2.24, 2.45) is 5.92 Å². The molecule has 1 aromatic rings. The average Bonchev–Trinajstić information content (AvgIpc) is 3.28. The normalized spacial score (nSPS) is 23.6. The number of ether oxygens (including phenoxy) is 1. The van der Waals surface area contributed by atoms with Crippen molar-refractivity contribution in [3.63, 3.8) is 0 Å². The zero-order chi connectivity index (χ0) is 25.6. The number of aliphatic carboxylic acids is 2. The molecule has 3 heterocycles. The fraction of sp³-hybridized carbons (Fsp3) is 0.722. The van der Waals surface area contributed by atoms with Crippen LogP contribution in [0.2, 0.25) is 0 Å². The molecule has 33 heavy (non-hydrogen) atoms. The van der Waals surface area contributed by atoms with Crippen molar-refractivity contribution in [3.8, 4) is 0 Å². The fourth-order valence-corrected chi connectivity index (χ4v) is 4.17. The predicted molar refractivity (Wildman–Crippen MR) is 105 cm³/mol. The second-order valence-electron chi connectivity index (χ2n) is 7.43. The van der Waals surface area contributed by atoms with Gasteiger partial charge in [-0.15, -0.1) is 11.3 Å². The number of aromatic nitrogens is 1. The molecule has 0 saturated carbocycles. The van der Waals surface area contributed by atoms with E-state index in [0.29, 0.717) is 18.1 Å². The number of likely N-dealkylation sites (tertiary alicyclic amines) is 2. The Hall–Kier alpha value is -1.97. The van der Waals surface area contributed by atoms with Crippen LogP contribution in [-0.4, -0.2) is 95.2 Å². The third-order valence-electron chi connectivity index (χ3n) is 5.06. The van der Waals surface area contributed by atoms with Gasteiger partial charge < -0.3 is 19.8 Å². The Kier molecular flexibility index (Phi) is 10.5. The Morgan fingerprint density at radius 2 is 1.67 bits per heavy atom. The summed E-state index contributed by atoms with van der Waals surface area (Å²) in [5.41, 5.74) is 1.22. The van der Waals surface area contributed by atoms with Crippen LogP contribution < -0.4 is 0 Å². The number of likely N-dealkylation sites (N-methyl/N-ethyl adjacent to an activating group) is 1. The number of carboxylic acid groups (broad SMARTS) is 2. The first-order chi connectivity index (χ1) is 15.1. The van der Waals surface area contributed by atoms with Crippen LogP contribution in [0.25, 0.3) is 0 Å². The van der Waals surface area contributed by atoms with Crippen molar-refractivity contribution in [1.82, 2.24) is 14.8 Å². The maximum absolute atomic E-state index is 10.6. The number of rotatable bonds is 3. The summed E-state index contributed by atoms with van der Waals surface area (Å²) in [6.45, 7) is 6.51. The average molecular weight is 509 g/mol. The van der Waals surface area contributed by atoms with Crippen molar-refractivity contribution in [2.75, 3.05) is 33.8 Å². The van der Waals surface area contributed by atoms with Crippen LogP contribution in [-0.2, 0) is 20.9 Å². The quantitative estimate of drug-likeness (QED) is 0.600. The molecule has 8 nitrogen and oxygen atoms in total. The van der Waals surface area contributed by atoms with Gasteiger partial charge in [0.2, 0.25) is 0 Å². The van der Waals surface area contributed by atoms with Gasteiger partial charge in [0.1, 0.15) is 0 Å². The minimum absolute atomic E-state index is 0.434. The second-order valence-corrected chi connectivity index (χ2v) is 8.49. The maximum atomic E-state index is 10.6. The van der Waals surface area contributed by atoms with E-state index in [0.717, 1.165) is 32.6 Å². The second kappa shape index (κ2) is 11.9. The number of methoxy groups -OCH3 is 1. The lowest BCUT2D eigenvalue weighted by atomic mass is 9.89. The number of hydrogen-bond acceptors (Lipinski definition) is 7. The lowest BCUT2D eigenvalue weighted by Crippen LogP contribution is -2.49. The summed E-state index contributed by atoms with van der Waals surface area (Å²) in [7, 11) is 4.11. The summed E-state index contributed by atoms with van der Waals surface area (Å²) in [6, 6.07) is 0.651. The molecule has 2 aliphatic heterocycles. The Morgan fingerprint density at radius 1 is 1.15 bits per heavy atom. The van der Waals surface area contributed by atoms with E-state index in [-0.39, 0.29) is 0 Å². The lowest BCUT2D eigenvalue weighted by Gasteiger charge is -2.38. The molecule has 15 heteroatoms. The van der Waals surface area contributed by atoms with Gasteiger partial charge in [-0.3, -0.25) is 4.90 Å². The highest BCUT2D eigenvalue weighted by atomic mass is 32.1. The molecule has 2 saturated heterocycles. The lowest BCUT2D eigenvalue weighted by molar-refractivity contribution is -0.193. The molecule has 3 rings (SSSR count). The van der Waals surface area contributed by atoms with E-state index >= 15 is 0 Å². The predicted octanol–water partition coefficient (Wildman–Crippen LogP) is 2.87. The summed E-state index contributed by atoms with van der Waals surface area (Å²) >= 11 is 1.75. The Labute approximate surface area is 189 Å². The molecule has 190 valence electrons. The zero-order valence-corrected chi connectivity index (χ0v) is 18.8. The van der Waals surface area contributed by atoms with Gasteiger partial charge in [-0.25, -0.2) is 14.6 Å². The zero-order valence-electron chi connectivity index (χ0n) is 18.0. The van der Waals surface area contributed by atoms with Crippen LogP contribution in [0, 0.1) is 12.8 Å². The molecule has 0 aromatic carbocycles. The summed E-state index contributed by atoms with van der Waals surface area (Å²) in [6.07, 6.45) is -8.57. The van der Waals surface area contributed by atoms with Gasteiger partial charge in [-0.05, 0) is 20.4 Å². The van der Waals surface area contributed by atoms with Gasteiger partial charge in [0.05, 0.1) is 16.8 Å². The molecule has 2 N–H and O–H groups in total. The maximum Gasteiger partial charge on any atom is 0.490 e. The van der Waals surface area contributed by atoms with E-state index in [1.54, 1.807) is 11.3 Å². The molecule has 2 fully saturated rings. The molecular weight excluding hydrogens is 484 g/mol. The summed E-state index contributed by atoms with van der Waals surface area (Å²) < 4.78 is 69.2. The first kappa shape index (κ1) is 29.1. The highest BCUT2D eigenvalue weighted by Gasteiger charge is 2.43. The molecule has 0 unspecified atom stereocenters. The molecular formula is C18H25F6N3O5S. The van der Waals surface area contributed by atoms with Crippen molar-refractivity contribution >= 4 is 23.3 Å².